The number of ether oxygens (including phenoxy) is 2. The predicted octanol–water partition coefficient (Wildman–Crippen LogP) is 1.91. The van der Waals surface area contributed by atoms with Crippen molar-refractivity contribution in [2.24, 2.45) is 0 Å². The summed E-state index contributed by atoms with van der Waals surface area (Å²) in [4.78, 5) is 4.43. The van der Waals surface area contributed by atoms with Gasteiger partial charge in [-0.1, -0.05) is 0 Å². The second-order valence-corrected chi connectivity index (χ2v) is 4.24. The molecule has 1 heterocycles. The zero-order valence-electron chi connectivity index (χ0n) is 11.1. The van der Waals surface area contributed by atoms with Gasteiger partial charge in [-0.15, -0.1) is 0 Å². The molecule has 0 bridgehead atoms. The Balaban J connectivity index is 2.33. The summed E-state index contributed by atoms with van der Waals surface area (Å²) in [6, 6.07) is 3.87. The lowest BCUT2D eigenvalue weighted by molar-refractivity contribution is 0.0806. The fraction of sp³-hybridized carbons (Fsp3) is 0.615. The summed E-state index contributed by atoms with van der Waals surface area (Å²) in [7, 11) is 1.67. The van der Waals surface area contributed by atoms with Crippen LogP contribution in [0.25, 0.3) is 0 Å². The van der Waals surface area contributed by atoms with Crippen molar-refractivity contribution in [1.29, 1.82) is 0 Å². The van der Waals surface area contributed by atoms with E-state index in [1.165, 1.54) is 0 Å². The van der Waals surface area contributed by atoms with E-state index in [4.69, 9.17) is 9.47 Å². The van der Waals surface area contributed by atoms with Gasteiger partial charge >= 0.3 is 0 Å². The fourth-order valence-corrected chi connectivity index (χ4v) is 1.49. The minimum absolute atomic E-state index is 0.286. The van der Waals surface area contributed by atoms with E-state index in [9.17, 15) is 0 Å². The smallest absolute Gasteiger partial charge is 0.122 e. The van der Waals surface area contributed by atoms with Crippen molar-refractivity contribution in [3.05, 3.63) is 23.5 Å². The Morgan fingerprint density at radius 2 is 2.12 bits per heavy atom. The van der Waals surface area contributed by atoms with Crippen LogP contribution < -0.4 is 10.1 Å². The molecule has 17 heavy (non-hydrogen) atoms. The van der Waals surface area contributed by atoms with Gasteiger partial charge in [-0.05, 0) is 20.8 Å². The zero-order chi connectivity index (χ0) is 12.7. The lowest BCUT2D eigenvalue weighted by Gasteiger charge is -2.09. The van der Waals surface area contributed by atoms with Gasteiger partial charge in [0.1, 0.15) is 5.75 Å². The molecule has 1 aromatic heterocycles. The van der Waals surface area contributed by atoms with E-state index in [2.05, 4.69) is 10.3 Å². The van der Waals surface area contributed by atoms with E-state index in [0.717, 1.165) is 36.8 Å². The fourth-order valence-electron chi connectivity index (χ4n) is 1.49. The molecule has 1 aromatic rings. The highest BCUT2D eigenvalue weighted by molar-refractivity contribution is 5.26. The van der Waals surface area contributed by atoms with Crippen LogP contribution in [-0.4, -0.2) is 31.3 Å². The van der Waals surface area contributed by atoms with Crippen LogP contribution in [-0.2, 0) is 11.3 Å². The molecule has 0 saturated carbocycles. The molecule has 0 amide bonds. The molecule has 0 fully saturated rings. The molecule has 0 aliphatic heterocycles. The molecule has 0 radical (unpaired) electrons. The monoisotopic (exact) mass is 238 g/mol. The first-order chi connectivity index (χ1) is 8.11. The molecule has 1 rings (SSSR count). The van der Waals surface area contributed by atoms with Gasteiger partial charge in [0.25, 0.3) is 0 Å². The first-order valence-electron chi connectivity index (χ1n) is 5.95. The number of rotatable bonds is 7. The molecule has 4 nitrogen and oxygen atoms in total. The van der Waals surface area contributed by atoms with E-state index < -0.39 is 0 Å². The first kappa shape index (κ1) is 13.9. The average Bonchev–Trinajstić information content (AvgIpc) is 2.27. The molecule has 0 unspecified atom stereocenters. The third-order valence-electron chi connectivity index (χ3n) is 2.25. The van der Waals surface area contributed by atoms with Crippen LogP contribution in [0.5, 0.6) is 5.75 Å². The third-order valence-corrected chi connectivity index (χ3v) is 2.25. The summed E-state index contributed by atoms with van der Waals surface area (Å²) in [6.45, 7) is 8.32. The number of hydrogen-bond acceptors (Lipinski definition) is 4. The number of nitrogens with one attached hydrogen (secondary N) is 1. The van der Waals surface area contributed by atoms with Crippen molar-refractivity contribution >= 4 is 0 Å². The minimum atomic E-state index is 0.286. The largest absolute Gasteiger partial charge is 0.497 e. The first-order valence-corrected chi connectivity index (χ1v) is 5.95. The van der Waals surface area contributed by atoms with Gasteiger partial charge in [0.15, 0.2) is 0 Å². The van der Waals surface area contributed by atoms with Crippen LogP contribution >= 0.6 is 0 Å². The van der Waals surface area contributed by atoms with Crippen LogP contribution in [0.2, 0.25) is 0 Å². The lowest BCUT2D eigenvalue weighted by atomic mass is 10.3. The highest BCUT2D eigenvalue weighted by atomic mass is 16.5. The molecular weight excluding hydrogens is 216 g/mol. The molecule has 96 valence electrons. The van der Waals surface area contributed by atoms with Gasteiger partial charge in [0.2, 0.25) is 0 Å². The number of pyridine rings is 1. The third kappa shape index (κ3) is 5.65. The topological polar surface area (TPSA) is 43.4 Å². The van der Waals surface area contributed by atoms with E-state index in [1.807, 2.05) is 32.9 Å². The highest BCUT2D eigenvalue weighted by Crippen LogP contribution is 2.12. The van der Waals surface area contributed by atoms with E-state index in [0.29, 0.717) is 0 Å². The van der Waals surface area contributed by atoms with Crippen LogP contribution in [0.1, 0.15) is 25.2 Å². The Morgan fingerprint density at radius 1 is 1.35 bits per heavy atom. The van der Waals surface area contributed by atoms with Gasteiger partial charge in [-0.2, -0.15) is 0 Å². The van der Waals surface area contributed by atoms with Gasteiger partial charge in [-0.3, -0.25) is 4.98 Å². The Kier molecular flexibility index (Phi) is 5.94. The molecule has 4 heteroatoms. The second-order valence-electron chi connectivity index (χ2n) is 4.24. The molecule has 0 aliphatic carbocycles. The lowest BCUT2D eigenvalue weighted by Crippen LogP contribution is -2.21. The molecule has 1 N–H and O–H groups in total. The second kappa shape index (κ2) is 7.25. The molecule has 0 atom stereocenters. The Bertz CT molecular complexity index is 340. The van der Waals surface area contributed by atoms with Crippen molar-refractivity contribution < 1.29 is 9.47 Å². The molecule has 0 aromatic carbocycles. The maximum absolute atomic E-state index is 5.44. The summed E-state index contributed by atoms with van der Waals surface area (Å²) in [5.41, 5.74) is 1.96. The Hall–Kier alpha value is -1.13. The van der Waals surface area contributed by atoms with Crippen molar-refractivity contribution in [2.75, 3.05) is 20.3 Å². The summed E-state index contributed by atoms with van der Waals surface area (Å²) in [6.07, 6.45) is 0.286. The molecule has 0 aliphatic rings. The van der Waals surface area contributed by atoms with E-state index in [-0.39, 0.29) is 6.10 Å². The van der Waals surface area contributed by atoms with Crippen molar-refractivity contribution in [3.8, 4) is 5.75 Å². The Morgan fingerprint density at radius 3 is 2.76 bits per heavy atom. The molecular formula is C13H22N2O2. The van der Waals surface area contributed by atoms with Crippen LogP contribution in [0.4, 0.5) is 0 Å². The SMILES string of the molecule is COc1cc(C)nc(CNCCOC(C)C)c1. The summed E-state index contributed by atoms with van der Waals surface area (Å²) < 4.78 is 10.6. The number of hydrogen-bond donors (Lipinski definition) is 1. The molecule has 0 saturated heterocycles. The van der Waals surface area contributed by atoms with E-state index >= 15 is 0 Å². The zero-order valence-corrected chi connectivity index (χ0v) is 11.1. The standard InChI is InChI=1S/C13H22N2O2/c1-10(2)17-6-5-14-9-12-8-13(16-4)7-11(3)15-12/h7-8,10,14H,5-6,9H2,1-4H3. The van der Waals surface area contributed by atoms with E-state index in [1.54, 1.807) is 7.11 Å². The normalized spacial score (nSPS) is 10.9. The van der Waals surface area contributed by atoms with Gasteiger partial charge < -0.3 is 14.8 Å². The maximum atomic E-state index is 5.44. The van der Waals surface area contributed by atoms with Gasteiger partial charge in [-0.25, -0.2) is 0 Å². The van der Waals surface area contributed by atoms with Crippen molar-refractivity contribution in [3.63, 3.8) is 0 Å². The van der Waals surface area contributed by atoms with Crippen molar-refractivity contribution in [2.45, 2.75) is 33.4 Å². The van der Waals surface area contributed by atoms with Gasteiger partial charge in [0, 0.05) is 30.9 Å². The number of aryl methyl sites for hydroxylation is 1. The predicted molar refractivity (Wildman–Crippen MR) is 68.3 cm³/mol. The van der Waals surface area contributed by atoms with Crippen LogP contribution in [0.15, 0.2) is 12.1 Å². The van der Waals surface area contributed by atoms with Gasteiger partial charge in [0.05, 0.1) is 25.5 Å². The quantitative estimate of drug-likeness (QED) is 0.737. The Labute approximate surface area is 103 Å². The highest BCUT2D eigenvalue weighted by Gasteiger charge is 2.00. The van der Waals surface area contributed by atoms with Crippen LogP contribution in [0.3, 0.4) is 0 Å². The van der Waals surface area contributed by atoms with Crippen LogP contribution in [0, 0.1) is 6.92 Å². The number of aromatic nitrogens is 1. The number of methoxy groups -OCH3 is 1. The summed E-state index contributed by atoms with van der Waals surface area (Å²) in [5, 5.41) is 3.29. The maximum Gasteiger partial charge on any atom is 0.122 e. The average molecular weight is 238 g/mol. The number of nitrogens with zero attached hydrogens (tertiary/aromatic N) is 1. The minimum Gasteiger partial charge on any atom is -0.497 e. The summed E-state index contributed by atoms with van der Waals surface area (Å²) in [5.74, 6) is 0.854. The summed E-state index contributed by atoms with van der Waals surface area (Å²) >= 11 is 0. The van der Waals surface area contributed by atoms with Crippen molar-refractivity contribution in [1.82, 2.24) is 10.3 Å². The molecule has 0 spiro atoms.